The Bertz CT molecular complexity index is 3850. The predicted molar refractivity (Wildman–Crippen MR) is 316 cm³/mol. The molecule has 0 radical (unpaired) electrons. The Labute approximate surface area is 443 Å². The van der Waals surface area contributed by atoms with Crippen LogP contribution in [-0.2, 0) is 21.7 Å². The lowest BCUT2D eigenvalue weighted by Gasteiger charge is -2.42. The third-order valence-corrected chi connectivity index (χ3v) is 17.9. The number of allylic oxidation sites excluding steroid dienone is 4. The van der Waals surface area contributed by atoms with Gasteiger partial charge >= 0.3 is 0 Å². The second kappa shape index (κ2) is 16.3. The molecule has 0 atom stereocenters. The Balaban J connectivity index is 0.830. The minimum Gasteiger partial charge on any atom is -0.337 e. The third kappa shape index (κ3) is 6.26. The second-order valence-corrected chi connectivity index (χ2v) is 22.8. The summed E-state index contributed by atoms with van der Waals surface area (Å²) < 4.78 is 0. The lowest BCUT2D eigenvalue weighted by atomic mass is 9.69. The summed E-state index contributed by atoms with van der Waals surface area (Å²) in [6, 6.07) is 75.1. The zero-order valence-electron chi connectivity index (χ0n) is 43.7. The first-order valence-electron chi connectivity index (χ1n) is 26.8. The molecule has 0 saturated heterocycles. The summed E-state index contributed by atoms with van der Waals surface area (Å²) >= 11 is 0. The van der Waals surface area contributed by atoms with E-state index >= 15 is 0 Å². The van der Waals surface area contributed by atoms with Crippen LogP contribution in [0.2, 0.25) is 0 Å². The largest absolute Gasteiger partial charge is 0.337 e. The van der Waals surface area contributed by atoms with Crippen LogP contribution in [0, 0.1) is 0 Å². The quantitative estimate of drug-likeness (QED) is 0.147. The van der Waals surface area contributed by atoms with Gasteiger partial charge in [0.2, 0.25) is 0 Å². The van der Waals surface area contributed by atoms with Crippen LogP contribution in [0.4, 0.5) is 28.4 Å². The molecule has 14 rings (SSSR count). The molecule has 9 aromatic carbocycles. The topological polar surface area (TPSA) is 6.48 Å². The monoisotopic (exact) mass is 964 g/mol. The zero-order valence-corrected chi connectivity index (χ0v) is 43.7. The minimum atomic E-state index is -0.515. The number of hydrogen-bond acceptors (Lipinski definition) is 2. The van der Waals surface area contributed by atoms with Crippen molar-refractivity contribution in [3.05, 3.63) is 297 Å². The van der Waals surface area contributed by atoms with Crippen molar-refractivity contribution < 1.29 is 0 Å². The Morgan fingerprint density at radius 2 is 0.773 bits per heavy atom. The Hall–Kier alpha value is -8.46. The van der Waals surface area contributed by atoms with Crippen LogP contribution in [0.15, 0.2) is 231 Å². The van der Waals surface area contributed by atoms with E-state index in [1.54, 1.807) is 0 Å². The number of anilines is 5. The van der Waals surface area contributed by atoms with Crippen LogP contribution < -0.4 is 9.80 Å². The van der Waals surface area contributed by atoms with Gasteiger partial charge in [-0.1, -0.05) is 236 Å². The molecule has 5 aliphatic rings. The molecule has 0 amide bonds. The van der Waals surface area contributed by atoms with E-state index in [0.29, 0.717) is 0 Å². The average Bonchev–Trinajstić information content (AvgIpc) is 4.17. The molecular formula is C73H60N2. The molecule has 1 spiro atoms. The smallest absolute Gasteiger partial charge is 0.0725 e. The average molecular weight is 965 g/mol. The van der Waals surface area contributed by atoms with E-state index in [-0.39, 0.29) is 16.2 Å². The van der Waals surface area contributed by atoms with Crippen molar-refractivity contribution in [2.45, 2.75) is 63.2 Å². The van der Waals surface area contributed by atoms with Gasteiger partial charge in [0, 0.05) is 39.9 Å². The van der Waals surface area contributed by atoms with Crippen LogP contribution in [0.3, 0.4) is 0 Å². The number of fused-ring (bicyclic) bond motifs is 14. The molecule has 3 aliphatic carbocycles. The number of para-hydroxylation sites is 4. The zero-order chi connectivity index (χ0) is 51.0. The molecule has 2 heteroatoms. The third-order valence-electron chi connectivity index (χ3n) is 17.9. The molecule has 0 fully saturated rings. The maximum Gasteiger partial charge on any atom is 0.0725 e. The van der Waals surface area contributed by atoms with Gasteiger partial charge < -0.3 is 9.80 Å². The van der Waals surface area contributed by atoms with Gasteiger partial charge in [0.05, 0.1) is 16.8 Å². The molecule has 0 N–H and O–H groups in total. The minimum absolute atomic E-state index is 0.0979. The van der Waals surface area contributed by atoms with Crippen molar-refractivity contribution in [1.82, 2.24) is 0 Å². The van der Waals surface area contributed by atoms with E-state index in [0.717, 1.165) is 6.54 Å². The fourth-order valence-corrected chi connectivity index (χ4v) is 14.3. The molecule has 2 nitrogen and oxygen atoms in total. The van der Waals surface area contributed by atoms with Crippen LogP contribution in [0.1, 0.15) is 108 Å². The summed E-state index contributed by atoms with van der Waals surface area (Å²) in [7, 11) is 0. The molecule has 0 aromatic heterocycles. The summed E-state index contributed by atoms with van der Waals surface area (Å²) in [5.41, 5.74) is 28.7. The molecular weight excluding hydrogens is 905 g/mol. The van der Waals surface area contributed by atoms with Gasteiger partial charge in [-0.15, -0.1) is 0 Å². The Morgan fingerprint density at radius 1 is 0.373 bits per heavy atom. The standard InChI is InChI=1S/C73H60N2/c1-8-56-50(24-21-43-74-66-31-17-13-27-59(66)70(2,3)60-28-14-18-32-67(60)74)55-41-38-48(45-65(55)73(56)57-25-11-9-22-51(57)52-23-10-12-26-58(52)73)36-35-47-37-40-53-54-42-39-49(46-64(54)72(6,7)63(53)44-47)75-68-33-19-15-29-61(68)71(4,5)62-30-16-20-34-69(62)75/h8-42,44-46H,1,43H2,2-7H3. The van der Waals surface area contributed by atoms with Crippen molar-refractivity contribution in [2.24, 2.45) is 0 Å². The maximum absolute atomic E-state index is 4.60. The van der Waals surface area contributed by atoms with E-state index in [4.69, 9.17) is 0 Å². The highest BCUT2D eigenvalue weighted by Crippen LogP contribution is 2.63. The first-order chi connectivity index (χ1) is 36.4. The van der Waals surface area contributed by atoms with Crippen LogP contribution >= 0.6 is 0 Å². The molecule has 0 unspecified atom stereocenters. The molecule has 362 valence electrons. The summed E-state index contributed by atoms with van der Waals surface area (Å²) in [5.74, 6) is 0. The first-order valence-corrected chi connectivity index (χ1v) is 26.8. The van der Waals surface area contributed by atoms with Crippen molar-refractivity contribution in [3.63, 3.8) is 0 Å². The van der Waals surface area contributed by atoms with Gasteiger partial charge in [0.25, 0.3) is 0 Å². The van der Waals surface area contributed by atoms with Gasteiger partial charge in [-0.05, 0) is 143 Å². The Morgan fingerprint density at radius 3 is 1.31 bits per heavy atom. The normalized spacial score (nSPS) is 17.0. The molecule has 2 aliphatic heterocycles. The maximum atomic E-state index is 4.60. The first kappa shape index (κ1) is 45.2. The summed E-state index contributed by atoms with van der Waals surface area (Å²) in [5, 5.41) is 0. The molecule has 2 heterocycles. The highest BCUT2D eigenvalue weighted by Gasteiger charge is 2.52. The van der Waals surface area contributed by atoms with Gasteiger partial charge in [-0.3, -0.25) is 0 Å². The number of rotatable bonds is 7. The van der Waals surface area contributed by atoms with E-state index in [1.165, 1.54) is 129 Å². The van der Waals surface area contributed by atoms with E-state index in [1.807, 2.05) is 0 Å². The van der Waals surface area contributed by atoms with Crippen molar-refractivity contribution in [2.75, 3.05) is 16.3 Å². The lowest BCUT2D eigenvalue weighted by molar-refractivity contribution is 0.627. The van der Waals surface area contributed by atoms with Crippen LogP contribution in [-0.4, -0.2) is 6.54 Å². The molecule has 0 saturated carbocycles. The van der Waals surface area contributed by atoms with Gasteiger partial charge in [0.1, 0.15) is 0 Å². The van der Waals surface area contributed by atoms with Gasteiger partial charge in [-0.2, -0.15) is 0 Å². The van der Waals surface area contributed by atoms with Crippen LogP contribution in [0.5, 0.6) is 0 Å². The second-order valence-electron chi connectivity index (χ2n) is 22.8. The number of hydrogen-bond donors (Lipinski definition) is 0. The van der Waals surface area contributed by atoms with Gasteiger partial charge in [-0.25, -0.2) is 0 Å². The molecule has 75 heavy (non-hydrogen) atoms. The highest BCUT2D eigenvalue weighted by molar-refractivity contribution is 5.99. The van der Waals surface area contributed by atoms with Crippen molar-refractivity contribution in [3.8, 4) is 22.3 Å². The number of benzene rings is 9. The highest BCUT2D eigenvalue weighted by atomic mass is 15.2. The lowest BCUT2D eigenvalue weighted by Crippen LogP contribution is -2.32. The van der Waals surface area contributed by atoms with Crippen molar-refractivity contribution in [1.29, 1.82) is 0 Å². The fourth-order valence-electron chi connectivity index (χ4n) is 14.3. The van der Waals surface area contributed by atoms with E-state index < -0.39 is 5.41 Å². The summed E-state index contributed by atoms with van der Waals surface area (Å²) in [6.45, 7) is 19.5. The SMILES string of the molecule is C=CC1=C(C=CCN2c3ccccc3C(C)(C)c3ccccc32)c2ccc(C=Cc3ccc4c(c3)C(C)(C)c3cc(N5c6ccccc6C(C)(C)c6ccccc65)ccc3-4)cc2C12c1ccccc1-c1ccccc12. The number of nitrogens with zero attached hydrogens (tertiary/aromatic N) is 2. The van der Waals surface area contributed by atoms with E-state index in [9.17, 15) is 0 Å². The summed E-state index contributed by atoms with van der Waals surface area (Å²) in [4.78, 5) is 4.97. The Kier molecular flexibility index (Phi) is 9.80. The predicted octanol–water partition coefficient (Wildman–Crippen LogP) is 18.6. The molecule has 0 bridgehead atoms. The van der Waals surface area contributed by atoms with Gasteiger partial charge in [0.15, 0.2) is 0 Å². The van der Waals surface area contributed by atoms with Crippen LogP contribution in [0.25, 0.3) is 40.0 Å². The molecule has 9 aromatic rings. The summed E-state index contributed by atoms with van der Waals surface area (Å²) in [6.07, 6.45) is 11.5. The van der Waals surface area contributed by atoms with E-state index in [2.05, 4.69) is 288 Å². The van der Waals surface area contributed by atoms with Crippen molar-refractivity contribution >= 4 is 46.2 Å². The fraction of sp³-hybridized carbons (Fsp3) is 0.151.